The van der Waals surface area contributed by atoms with Gasteiger partial charge in [0.1, 0.15) is 0 Å². The maximum Gasteiger partial charge on any atom is 0.261 e. The van der Waals surface area contributed by atoms with Crippen LogP contribution in [0.25, 0.3) is 0 Å². The number of carbonyl (C=O) groups excluding carboxylic acids is 1. The molecule has 31 heavy (non-hydrogen) atoms. The van der Waals surface area contributed by atoms with E-state index >= 15 is 0 Å². The van der Waals surface area contributed by atoms with Gasteiger partial charge in [-0.15, -0.1) is 0 Å². The topological polar surface area (TPSA) is 78.5 Å². The smallest absolute Gasteiger partial charge is 0.261 e. The summed E-state index contributed by atoms with van der Waals surface area (Å²) in [6.45, 7) is 1.04. The Labute approximate surface area is 179 Å². The molecule has 0 saturated carbocycles. The van der Waals surface area contributed by atoms with Crippen LogP contribution in [0.4, 0.5) is 20.2 Å². The Morgan fingerprint density at radius 2 is 1.61 bits per heavy atom. The number of likely N-dealkylation sites (N-methyl/N-ethyl adjacent to an activating group) is 1. The van der Waals surface area contributed by atoms with E-state index in [0.717, 1.165) is 17.8 Å². The lowest BCUT2D eigenvalue weighted by atomic mass is 10.2. The number of hydrogen-bond acceptors (Lipinski definition) is 4. The fourth-order valence-corrected chi connectivity index (χ4v) is 3.87. The number of halogens is 2. The van der Waals surface area contributed by atoms with Crippen LogP contribution < -0.4 is 14.9 Å². The zero-order chi connectivity index (χ0) is 22.4. The Bertz CT molecular complexity index is 1150. The highest BCUT2D eigenvalue weighted by atomic mass is 32.2. The minimum atomic E-state index is -4.10. The number of rotatable bonds is 8. The van der Waals surface area contributed by atoms with Crippen LogP contribution in [0.15, 0.2) is 77.7 Å². The zero-order valence-corrected chi connectivity index (χ0v) is 17.5. The molecular formula is C22H21F2N3O3S. The molecule has 0 aliphatic rings. The molecule has 0 saturated heterocycles. The largest absolute Gasteiger partial charge is 0.373 e. The normalized spacial score (nSPS) is 11.1. The summed E-state index contributed by atoms with van der Waals surface area (Å²) in [4.78, 5) is 13.9. The molecule has 0 spiro atoms. The number of sulfonamides is 1. The Morgan fingerprint density at radius 1 is 0.935 bits per heavy atom. The number of anilines is 2. The Hall–Kier alpha value is -3.46. The van der Waals surface area contributed by atoms with Gasteiger partial charge < -0.3 is 10.2 Å². The first-order valence-corrected chi connectivity index (χ1v) is 10.9. The fourth-order valence-electron chi connectivity index (χ4n) is 2.80. The molecule has 3 aromatic carbocycles. The maximum absolute atomic E-state index is 13.3. The third kappa shape index (κ3) is 5.79. The second-order valence-corrected chi connectivity index (χ2v) is 8.45. The van der Waals surface area contributed by atoms with E-state index in [-0.39, 0.29) is 11.6 Å². The quantitative estimate of drug-likeness (QED) is 0.555. The Morgan fingerprint density at radius 3 is 2.26 bits per heavy atom. The van der Waals surface area contributed by atoms with Crippen molar-refractivity contribution in [1.29, 1.82) is 0 Å². The molecule has 0 radical (unpaired) electrons. The molecule has 0 bridgehead atoms. The van der Waals surface area contributed by atoms with Crippen molar-refractivity contribution in [2.45, 2.75) is 4.90 Å². The molecule has 0 heterocycles. The van der Waals surface area contributed by atoms with Gasteiger partial charge in [0.25, 0.3) is 15.9 Å². The highest BCUT2D eigenvalue weighted by Gasteiger charge is 2.17. The maximum atomic E-state index is 13.3. The summed E-state index contributed by atoms with van der Waals surface area (Å²) in [5, 5.41) is 2.81. The van der Waals surface area contributed by atoms with E-state index in [0.29, 0.717) is 24.7 Å². The first kappa shape index (κ1) is 22.2. The van der Waals surface area contributed by atoms with E-state index in [1.165, 1.54) is 24.3 Å². The van der Waals surface area contributed by atoms with Gasteiger partial charge in [0.15, 0.2) is 11.6 Å². The zero-order valence-electron chi connectivity index (χ0n) is 16.7. The van der Waals surface area contributed by atoms with Crippen molar-refractivity contribution in [2.75, 3.05) is 29.8 Å². The van der Waals surface area contributed by atoms with Gasteiger partial charge in [-0.1, -0.05) is 18.2 Å². The second kappa shape index (κ2) is 9.57. The Balaban J connectivity index is 1.56. The lowest BCUT2D eigenvalue weighted by Crippen LogP contribution is -2.32. The van der Waals surface area contributed by atoms with Crippen molar-refractivity contribution in [3.63, 3.8) is 0 Å². The highest BCUT2D eigenvalue weighted by molar-refractivity contribution is 7.92. The third-order valence-electron chi connectivity index (χ3n) is 4.53. The molecule has 0 aromatic heterocycles. The fraction of sp³-hybridized carbons (Fsp3) is 0.136. The van der Waals surface area contributed by atoms with Crippen molar-refractivity contribution in [3.8, 4) is 0 Å². The SMILES string of the molecule is CN(CCNC(=O)c1ccc(NS(=O)(=O)c2ccc(F)c(F)c2)cc1)c1ccccc1. The molecule has 0 unspecified atom stereocenters. The standard InChI is InChI=1S/C22H21F2N3O3S/c1-27(18-5-3-2-4-6-18)14-13-25-22(28)16-7-9-17(10-8-16)26-31(29,30)19-11-12-20(23)21(24)15-19/h2-12,15,26H,13-14H2,1H3,(H,25,28). The van der Waals surface area contributed by atoms with E-state index in [2.05, 4.69) is 10.0 Å². The summed E-state index contributed by atoms with van der Waals surface area (Å²) >= 11 is 0. The van der Waals surface area contributed by atoms with Gasteiger partial charge in [0.05, 0.1) is 4.90 Å². The van der Waals surface area contributed by atoms with Crippen LogP contribution in [0.5, 0.6) is 0 Å². The number of nitrogens with zero attached hydrogens (tertiary/aromatic N) is 1. The second-order valence-electron chi connectivity index (χ2n) is 6.77. The summed E-state index contributed by atoms with van der Waals surface area (Å²) in [5.41, 5.74) is 1.58. The summed E-state index contributed by atoms with van der Waals surface area (Å²) in [6.07, 6.45) is 0. The van der Waals surface area contributed by atoms with Crippen molar-refractivity contribution >= 4 is 27.3 Å². The monoisotopic (exact) mass is 445 g/mol. The summed E-state index contributed by atoms with van der Waals surface area (Å²) in [6, 6.07) is 17.8. The minimum Gasteiger partial charge on any atom is -0.373 e. The Kier molecular flexibility index (Phi) is 6.86. The molecule has 0 aliphatic carbocycles. The molecular weight excluding hydrogens is 424 g/mol. The predicted octanol–water partition coefficient (Wildman–Crippen LogP) is 3.63. The van der Waals surface area contributed by atoms with Gasteiger partial charge in [0.2, 0.25) is 0 Å². The van der Waals surface area contributed by atoms with Gasteiger partial charge in [0, 0.05) is 37.1 Å². The molecule has 2 N–H and O–H groups in total. The number of nitrogens with one attached hydrogen (secondary N) is 2. The van der Waals surface area contributed by atoms with Crippen molar-refractivity contribution < 1.29 is 22.0 Å². The summed E-state index contributed by atoms with van der Waals surface area (Å²) in [7, 11) is -2.17. The molecule has 0 aliphatic heterocycles. The predicted molar refractivity (Wildman–Crippen MR) is 116 cm³/mol. The molecule has 3 aromatic rings. The number of benzene rings is 3. The van der Waals surface area contributed by atoms with Gasteiger partial charge in [-0.2, -0.15) is 0 Å². The van der Waals surface area contributed by atoms with E-state index in [1.54, 1.807) is 0 Å². The van der Waals surface area contributed by atoms with E-state index in [9.17, 15) is 22.0 Å². The molecule has 0 fully saturated rings. The first-order valence-electron chi connectivity index (χ1n) is 9.38. The van der Waals surface area contributed by atoms with Gasteiger partial charge in [-0.05, 0) is 54.6 Å². The molecule has 162 valence electrons. The van der Waals surface area contributed by atoms with Crippen LogP contribution in [0.3, 0.4) is 0 Å². The lowest BCUT2D eigenvalue weighted by molar-refractivity contribution is 0.0954. The number of para-hydroxylation sites is 1. The van der Waals surface area contributed by atoms with Crippen molar-refractivity contribution in [2.24, 2.45) is 0 Å². The van der Waals surface area contributed by atoms with Crippen LogP contribution in [-0.4, -0.2) is 34.5 Å². The van der Waals surface area contributed by atoms with Crippen LogP contribution >= 0.6 is 0 Å². The van der Waals surface area contributed by atoms with Crippen molar-refractivity contribution in [3.05, 3.63) is 90.0 Å². The van der Waals surface area contributed by atoms with Crippen LogP contribution in [0.2, 0.25) is 0 Å². The number of amides is 1. The van der Waals surface area contributed by atoms with Crippen LogP contribution in [-0.2, 0) is 10.0 Å². The van der Waals surface area contributed by atoms with Crippen LogP contribution in [0.1, 0.15) is 10.4 Å². The summed E-state index contributed by atoms with van der Waals surface area (Å²) in [5.74, 6) is -2.69. The molecule has 9 heteroatoms. The minimum absolute atomic E-state index is 0.185. The first-order chi connectivity index (χ1) is 14.8. The molecule has 3 rings (SSSR count). The van der Waals surface area contributed by atoms with Gasteiger partial charge in [-0.3, -0.25) is 9.52 Å². The van der Waals surface area contributed by atoms with E-state index in [4.69, 9.17) is 0 Å². The summed E-state index contributed by atoms with van der Waals surface area (Å²) < 4.78 is 53.3. The van der Waals surface area contributed by atoms with E-state index < -0.39 is 26.6 Å². The van der Waals surface area contributed by atoms with Crippen LogP contribution in [0, 0.1) is 11.6 Å². The van der Waals surface area contributed by atoms with Gasteiger partial charge >= 0.3 is 0 Å². The molecule has 1 amide bonds. The number of carbonyl (C=O) groups is 1. The van der Waals surface area contributed by atoms with Gasteiger partial charge in [-0.25, -0.2) is 17.2 Å². The van der Waals surface area contributed by atoms with Crippen molar-refractivity contribution in [1.82, 2.24) is 5.32 Å². The molecule has 6 nitrogen and oxygen atoms in total. The van der Waals surface area contributed by atoms with E-state index in [1.807, 2.05) is 42.3 Å². The number of hydrogen-bond donors (Lipinski definition) is 2. The third-order valence-corrected chi connectivity index (χ3v) is 5.91. The highest BCUT2D eigenvalue weighted by Crippen LogP contribution is 2.19. The molecule has 0 atom stereocenters. The average Bonchev–Trinajstić information content (AvgIpc) is 2.76. The average molecular weight is 445 g/mol. The lowest BCUT2D eigenvalue weighted by Gasteiger charge is -2.19.